The van der Waals surface area contributed by atoms with Gasteiger partial charge in [0, 0.05) is 29.2 Å². The Morgan fingerprint density at radius 1 is 1.03 bits per heavy atom. The number of aromatic nitrogens is 3. The molecule has 3 N–H and O–H groups in total. The predicted octanol–water partition coefficient (Wildman–Crippen LogP) is 4.57. The van der Waals surface area contributed by atoms with Crippen LogP contribution in [0.5, 0.6) is 5.75 Å². The molecule has 0 saturated heterocycles. The number of rotatable bonds is 6. The lowest BCUT2D eigenvalue weighted by Gasteiger charge is -2.06. The Labute approximate surface area is 185 Å². The van der Waals surface area contributed by atoms with Crippen molar-refractivity contribution in [3.05, 3.63) is 83.3 Å². The van der Waals surface area contributed by atoms with Crippen molar-refractivity contribution in [2.24, 2.45) is 5.73 Å². The van der Waals surface area contributed by atoms with Gasteiger partial charge in [0.1, 0.15) is 11.4 Å². The van der Waals surface area contributed by atoms with E-state index >= 15 is 0 Å². The maximum atomic E-state index is 13.1. The molecule has 32 heavy (non-hydrogen) atoms. The second-order valence-electron chi connectivity index (χ2n) is 7.77. The normalized spacial score (nSPS) is 11.3. The lowest BCUT2D eigenvalue weighted by molar-refractivity contribution is 0.415. The molecule has 6 nitrogen and oxygen atoms in total. The van der Waals surface area contributed by atoms with Crippen LogP contribution in [-0.4, -0.2) is 28.2 Å². The largest absolute Gasteiger partial charge is 0.497 e. The minimum absolute atomic E-state index is 0.219. The number of benzene rings is 3. The first-order chi connectivity index (χ1) is 15.7. The third-order valence-corrected chi connectivity index (χ3v) is 5.75. The molecule has 0 aliphatic rings. The topological polar surface area (TPSA) is 85.9 Å². The molecule has 0 amide bonds. The van der Waals surface area contributed by atoms with Gasteiger partial charge in [-0.1, -0.05) is 36.4 Å². The zero-order chi connectivity index (χ0) is 22.1. The van der Waals surface area contributed by atoms with Crippen molar-refractivity contribution < 1.29 is 4.74 Å². The van der Waals surface area contributed by atoms with Gasteiger partial charge >= 0.3 is 0 Å². The van der Waals surface area contributed by atoms with E-state index in [9.17, 15) is 4.79 Å². The number of nitrogens with zero attached hydrogens (tertiary/aromatic N) is 2. The van der Waals surface area contributed by atoms with Crippen molar-refractivity contribution in [1.29, 1.82) is 0 Å². The van der Waals surface area contributed by atoms with Crippen LogP contribution in [-0.2, 0) is 6.54 Å². The molecule has 2 aromatic heterocycles. The summed E-state index contributed by atoms with van der Waals surface area (Å²) in [6.45, 7) is 1.37. The zero-order valence-corrected chi connectivity index (χ0v) is 17.8. The third kappa shape index (κ3) is 3.55. The number of hydrogen-bond acceptors (Lipinski definition) is 4. The van der Waals surface area contributed by atoms with Crippen molar-refractivity contribution in [3.63, 3.8) is 0 Å². The van der Waals surface area contributed by atoms with Gasteiger partial charge in [-0.05, 0) is 54.4 Å². The van der Waals surface area contributed by atoms with Crippen LogP contribution in [0.4, 0.5) is 0 Å². The molecule has 0 spiro atoms. The molecular weight excluding hydrogens is 400 g/mol. The Morgan fingerprint density at radius 3 is 2.66 bits per heavy atom. The monoisotopic (exact) mass is 424 g/mol. The molecule has 0 saturated carbocycles. The van der Waals surface area contributed by atoms with E-state index in [0.29, 0.717) is 17.8 Å². The van der Waals surface area contributed by atoms with E-state index in [1.165, 1.54) is 0 Å². The van der Waals surface area contributed by atoms with Crippen molar-refractivity contribution in [2.45, 2.75) is 13.0 Å². The smallest absolute Gasteiger partial charge is 0.275 e. The average Bonchev–Trinajstić information content (AvgIpc) is 3.20. The molecule has 5 rings (SSSR count). The van der Waals surface area contributed by atoms with E-state index in [0.717, 1.165) is 51.8 Å². The highest BCUT2D eigenvalue weighted by atomic mass is 16.5. The van der Waals surface area contributed by atoms with E-state index < -0.39 is 0 Å². The highest BCUT2D eigenvalue weighted by Gasteiger charge is 2.16. The standard InChI is InChI=1S/C26H24N4O2/c1-32-19-9-11-24-20(15-19)21(16-30(24)13-5-12-27)25-26(31)29-23-14-18(8-10-22(23)28-25)17-6-3-2-4-7-17/h2-4,6-11,14-16H,5,12-13,27H2,1H3,(H,29,31). The van der Waals surface area contributed by atoms with Gasteiger partial charge in [0.05, 0.1) is 18.1 Å². The van der Waals surface area contributed by atoms with E-state index in [1.807, 2.05) is 72.9 Å². The lowest BCUT2D eigenvalue weighted by Crippen LogP contribution is -2.11. The van der Waals surface area contributed by atoms with Crippen molar-refractivity contribution in [1.82, 2.24) is 14.5 Å². The average molecular weight is 425 g/mol. The second kappa shape index (κ2) is 8.32. The molecule has 0 unspecified atom stereocenters. The van der Waals surface area contributed by atoms with Crippen molar-refractivity contribution in [3.8, 4) is 28.1 Å². The summed E-state index contributed by atoms with van der Waals surface area (Å²) in [6.07, 6.45) is 2.83. The van der Waals surface area contributed by atoms with Gasteiger partial charge < -0.3 is 20.0 Å². The zero-order valence-electron chi connectivity index (χ0n) is 17.8. The summed E-state index contributed by atoms with van der Waals surface area (Å²) in [5, 5.41) is 0.930. The molecular formula is C26H24N4O2. The molecule has 0 radical (unpaired) electrons. The first-order valence-electron chi connectivity index (χ1n) is 10.6. The van der Waals surface area contributed by atoms with Gasteiger partial charge in [-0.2, -0.15) is 0 Å². The Morgan fingerprint density at radius 2 is 1.88 bits per heavy atom. The highest BCUT2D eigenvalue weighted by Crippen LogP contribution is 2.32. The lowest BCUT2D eigenvalue weighted by atomic mass is 10.0. The van der Waals surface area contributed by atoms with Gasteiger partial charge in [-0.15, -0.1) is 0 Å². The summed E-state index contributed by atoms with van der Waals surface area (Å²) < 4.78 is 7.55. The molecule has 6 heteroatoms. The van der Waals surface area contributed by atoms with Gasteiger partial charge in [0.2, 0.25) is 0 Å². The van der Waals surface area contributed by atoms with Crippen LogP contribution in [0, 0.1) is 0 Å². The van der Waals surface area contributed by atoms with Crippen LogP contribution in [0.2, 0.25) is 0 Å². The molecule has 0 bridgehead atoms. The number of ether oxygens (including phenoxy) is 1. The summed E-state index contributed by atoms with van der Waals surface area (Å²) in [6, 6.07) is 21.9. The van der Waals surface area contributed by atoms with Crippen LogP contribution >= 0.6 is 0 Å². The molecule has 3 aromatic carbocycles. The van der Waals surface area contributed by atoms with Gasteiger partial charge in [0.25, 0.3) is 5.56 Å². The van der Waals surface area contributed by atoms with Crippen molar-refractivity contribution >= 4 is 21.9 Å². The molecule has 2 heterocycles. The van der Waals surface area contributed by atoms with Crippen LogP contribution in [0.25, 0.3) is 44.3 Å². The van der Waals surface area contributed by atoms with E-state index in [2.05, 4.69) is 9.55 Å². The number of hydrogen-bond donors (Lipinski definition) is 2. The van der Waals surface area contributed by atoms with Crippen molar-refractivity contribution in [2.75, 3.05) is 13.7 Å². The van der Waals surface area contributed by atoms with E-state index in [4.69, 9.17) is 15.5 Å². The Kier molecular flexibility index (Phi) is 5.21. The summed E-state index contributed by atoms with van der Waals surface area (Å²) in [5.74, 6) is 0.736. The highest BCUT2D eigenvalue weighted by molar-refractivity contribution is 5.97. The number of methoxy groups -OCH3 is 1. The summed E-state index contributed by atoms with van der Waals surface area (Å²) in [5.41, 5.74) is 11.3. The van der Waals surface area contributed by atoms with Crippen LogP contribution in [0.1, 0.15) is 6.42 Å². The molecule has 0 aliphatic heterocycles. The Balaban J connectivity index is 1.67. The second-order valence-corrected chi connectivity index (χ2v) is 7.77. The van der Waals surface area contributed by atoms with Crippen LogP contribution in [0.15, 0.2) is 77.7 Å². The Hall–Kier alpha value is -3.90. The fraction of sp³-hybridized carbons (Fsp3) is 0.154. The fourth-order valence-electron chi connectivity index (χ4n) is 4.12. The predicted molar refractivity (Wildman–Crippen MR) is 129 cm³/mol. The third-order valence-electron chi connectivity index (χ3n) is 5.75. The number of aryl methyl sites for hydroxylation is 1. The maximum Gasteiger partial charge on any atom is 0.275 e. The number of aromatic amines is 1. The Bertz CT molecular complexity index is 1470. The maximum absolute atomic E-state index is 13.1. The van der Waals surface area contributed by atoms with E-state index in [1.54, 1.807) is 7.11 Å². The fourth-order valence-corrected chi connectivity index (χ4v) is 4.12. The van der Waals surface area contributed by atoms with Crippen LogP contribution in [0.3, 0.4) is 0 Å². The number of H-pyrrole nitrogens is 1. The number of fused-ring (bicyclic) bond motifs is 2. The first kappa shape index (κ1) is 20.0. The molecule has 0 atom stereocenters. The first-order valence-corrected chi connectivity index (χ1v) is 10.6. The summed E-state index contributed by atoms with van der Waals surface area (Å²) >= 11 is 0. The summed E-state index contributed by atoms with van der Waals surface area (Å²) in [7, 11) is 1.64. The quantitative estimate of drug-likeness (QED) is 0.418. The minimum atomic E-state index is -0.219. The summed E-state index contributed by atoms with van der Waals surface area (Å²) in [4.78, 5) is 20.9. The molecule has 0 fully saturated rings. The molecule has 0 aliphatic carbocycles. The number of nitrogens with two attached hydrogens (primary N) is 1. The molecule has 5 aromatic rings. The SMILES string of the molecule is COc1ccc2c(c1)c(-c1nc3ccc(-c4ccccc4)cc3[nH]c1=O)cn2CCCN. The number of nitrogens with one attached hydrogen (secondary N) is 1. The van der Waals surface area contributed by atoms with Gasteiger partial charge in [-0.3, -0.25) is 4.79 Å². The van der Waals surface area contributed by atoms with E-state index in [-0.39, 0.29) is 5.56 Å². The molecule has 160 valence electrons. The van der Waals surface area contributed by atoms with Gasteiger partial charge in [0.15, 0.2) is 0 Å². The van der Waals surface area contributed by atoms with Gasteiger partial charge in [-0.25, -0.2) is 4.98 Å². The van der Waals surface area contributed by atoms with Crippen LogP contribution < -0.4 is 16.0 Å². The minimum Gasteiger partial charge on any atom is -0.497 e.